The fourth-order valence-corrected chi connectivity index (χ4v) is 2.87. The lowest BCUT2D eigenvalue weighted by Crippen LogP contribution is -2.23. The molecule has 11 nitrogen and oxygen atoms in total. The number of ether oxygens (including phenoxy) is 1. The van der Waals surface area contributed by atoms with Gasteiger partial charge in [0.25, 0.3) is 5.69 Å². The van der Waals surface area contributed by atoms with Crippen LogP contribution < -0.4 is 10.6 Å². The van der Waals surface area contributed by atoms with Crippen LogP contribution in [0.25, 0.3) is 0 Å². The van der Waals surface area contributed by atoms with Crippen molar-refractivity contribution in [2.75, 3.05) is 30.3 Å². The van der Waals surface area contributed by atoms with Gasteiger partial charge in [0.15, 0.2) is 0 Å². The Morgan fingerprint density at radius 3 is 2.53 bits per heavy atom. The Balaban J connectivity index is 2.15. The van der Waals surface area contributed by atoms with E-state index in [1.54, 1.807) is 25.1 Å². The minimum absolute atomic E-state index is 0.0519. The summed E-state index contributed by atoms with van der Waals surface area (Å²) in [4.78, 5) is 33.3. The molecule has 0 aliphatic carbocycles. The molecular formula is C22H26ClN5O6. The number of nitro benzene ring substituents is 1. The van der Waals surface area contributed by atoms with Crippen molar-refractivity contribution >= 4 is 52.0 Å². The van der Waals surface area contributed by atoms with Crippen molar-refractivity contribution in [1.82, 2.24) is 0 Å². The van der Waals surface area contributed by atoms with Crippen molar-refractivity contribution in [3.63, 3.8) is 0 Å². The molecule has 2 rings (SSSR count). The standard InChI is InChI=1S/C22H26ClN5O6/c1-3-4-9-34-22(31)14(2)12-24-15-5-7-19(20(10-15)25-13-21(29)30)27-26-18-8-6-16(28(32)33)11-17(18)23/h5-8,10-11,14,24-25H,3-4,9,12-13H2,1-2H3,(H,29,30)/t14-/m1/s1. The first kappa shape index (κ1) is 26.5. The number of unbranched alkanes of at least 4 members (excludes halogenated alkanes) is 1. The third-order valence-electron chi connectivity index (χ3n) is 4.59. The Labute approximate surface area is 201 Å². The fourth-order valence-electron chi connectivity index (χ4n) is 2.66. The molecule has 0 aliphatic heterocycles. The number of nitrogens with one attached hydrogen (secondary N) is 2. The van der Waals surface area contributed by atoms with Gasteiger partial charge in [0.05, 0.1) is 28.2 Å². The van der Waals surface area contributed by atoms with Crippen molar-refractivity contribution in [3.8, 4) is 0 Å². The number of carbonyl (C=O) groups excluding carboxylic acids is 1. The third kappa shape index (κ3) is 8.32. The molecule has 0 radical (unpaired) electrons. The Bertz CT molecular complexity index is 1060. The van der Waals surface area contributed by atoms with Crippen LogP contribution in [-0.2, 0) is 14.3 Å². The van der Waals surface area contributed by atoms with Crippen LogP contribution in [0.2, 0.25) is 5.02 Å². The maximum Gasteiger partial charge on any atom is 0.322 e. The summed E-state index contributed by atoms with van der Waals surface area (Å²) in [6.45, 7) is 4.12. The number of carboxylic acids is 1. The van der Waals surface area contributed by atoms with Gasteiger partial charge in [-0.25, -0.2) is 0 Å². The largest absolute Gasteiger partial charge is 0.480 e. The highest BCUT2D eigenvalue weighted by Crippen LogP contribution is 2.33. The van der Waals surface area contributed by atoms with Crippen LogP contribution in [0.3, 0.4) is 0 Å². The number of nitrogens with zero attached hydrogens (tertiary/aromatic N) is 3. The maximum absolute atomic E-state index is 12.0. The van der Waals surface area contributed by atoms with Crippen molar-refractivity contribution in [3.05, 3.63) is 51.5 Å². The molecule has 2 aromatic carbocycles. The second-order valence-electron chi connectivity index (χ2n) is 7.38. The second kappa shape index (κ2) is 13.1. The summed E-state index contributed by atoms with van der Waals surface area (Å²) < 4.78 is 5.21. The molecule has 0 unspecified atom stereocenters. The van der Waals surface area contributed by atoms with Gasteiger partial charge >= 0.3 is 11.9 Å². The molecule has 2 aromatic rings. The Morgan fingerprint density at radius 1 is 1.18 bits per heavy atom. The van der Waals surface area contributed by atoms with Gasteiger partial charge in [-0.05, 0) is 30.7 Å². The molecule has 182 valence electrons. The van der Waals surface area contributed by atoms with E-state index in [1.807, 2.05) is 6.92 Å². The van der Waals surface area contributed by atoms with Crippen LogP contribution in [0.5, 0.6) is 0 Å². The number of non-ortho nitro benzene ring substituents is 1. The number of carbonyl (C=O) groups is 2. The molecule has 0 amide bonds. The lowest BCUT2D eigenvalue weighted by atomic mass is 10.1. The van der Waals surface area contributed by atoms with E-state index >= 15 is 0 Å². The lowest BCUT2D eigenvalue weighted by molar-refractivity contribution is -0.384. The van der Waals surface area contributed by atoms with Gasteiger partial charge in [0.2, 0.25) is 0 Å². The van der Waals surface area contributed by atoms with Crippen LogP contribution in [0, 0.1) is 16.0 Å². The van der Waals surface area contributed by atoms with Crippen molar-refractivity contribution in [2.45, 2.75) is 26.7 Å². The normalized spacial score (nSPS) is 11.7. The van der Waals surface area contributed by atoms with Gasteiger partial charge in [-0.15, -0.1) is 10.2 Å². The number of azo groups is 1. The molecule has 0 aromatic heterocycles. The number of carboxylic acid groups (broad SMARTS) is 1. The first-order valence-corrected chi connectivity index (χ1v) is 10.9. The Kier molecular flexibility index (Phi) is 10.2. The van der Waals surface area contributed by atoms with Crippen molar-refractivity contribution in [2.24, 2.45) is 16.1 Å². The summed E-state index contributed by atoms with van der Waals surface area (Å²) >= 11 is 6.04. The molecule has 3 N–H and O–H groups in total. The van der Waals surface area contributed by atoms with E-state index in [2.05, 4.69) is 20.9 Å². The molecule has 0 saturated carbocycles. The Morgan fingerprint density at radius 2 is 1.88 bits per heavy atom. The van der Waals surface area contributed by atoms with E-state index in [9.17, 15) is 19.7 Å². The highest BCUT2D eigenvalue weighted by molar-refractivity contribution is 6.33. The average molecular weight is 492 g/mol. The van der Waals surface area contributed by atoms with E-state index < -0.39 is 10.9 Å². The number of halogens is 1. The minimum atomic E-state index is -1.07. The highest BCUT2D eigenvalue weighted by Gasteiger charge is 2.15. The zero-order valence-corrected chi connectivity index (χ0v) is 19.5. The summed E-state index contributed by atoms with van der Waals surface area (Å²) in [5.41, 5.74) is 1.38. The number of hydrogen-bond donors (Lipinski definition) is 3. The van der Waals surface area contributed by atoms with Crippen molar-refractivity contribution < 1.29 is 24.4 Å². The summed E-state index contributed by atoms with van der Waals surface area (Å²) in [5, 5.41) is 33.9. The molecule has 34 heavy (non-hydrogen) atoms. The second-order valence-corrected chi connectivity index (χ2v) is 7.78. The van der Waals surface area contributed by atoms with E-state index in [-0.39, 0.29) is 34.8 Å². The number of hydrogen-bond acceptors (Lipinski definition) is 9. The van der Waals surface area contributed by atoms with Crippen LogP contribution in [0.1, 0.15) is 26.7 Å². The summed E-state index contributed by atoms with van der Waals surface area (Å²) in [6.07, 6.45) is 1.75. The van der Waals surface area contributed by atoms with Crippen LogP contribution >= 0.6 is 11.6 Å². The Hall–Kier alpha value is -3.73. The van der Waals surface area contributed by atoms with Crippen molar-refractivity contribution in [1.29, 1.82) is 0 Å². The van der Waals surface area contributed by atoms with Gasteiger partial charge in [-0.3, -0.25) is 19.7 Å². The molecule has 0 heterocycles. The summed E-state index contributed by atoms with van der Waals surface area (Å²) in [6, 6.07) is 8.74. The first-order valence-electron chi connectivity index (χ1n) is 10.6. The molecular weight excluding hydrogens is 466 g/mol. The van der Waals surface area contributed by atoms with Gasteiger partial charge in [0, 0.05) is 24.4 Å². The topological polar surface area (TPSA) is 156 Å². The summed E-state index contributed by atoms with van der Waals surface area (Å²) in [5.74, 6) is -1.74. The monoisotopic (exact) mass is 491 g/mol. The SMILES string of the molecule is CCCCOC(=O)[C@H](C)CNc1ccc(N=Nc2ccc([N+](=O)[O-])cc2Cl)c(NCC(=O)O)c1. The molecule has 0 spiro atoms. The van der Waals surface area contributed by atoms with E-state index in [0.717, 1.165) is 12.8 Å². The highest BCUT2D eigenvalue weighted by atomic mass is 35.5. The smallest absolute Gasteiger partial charge is 0.322 e. The molecule has 0 saturated heterocycles. The zero-order valence-electron chi connectivity index (χ0n) is 18.8. The predicted octanol–water partition coefficient (Wildman–Crippen LogP) is 5.55. The fraction of sp³-hybridized carbons (Fsp3) is 0.364. The molecule has 0 fully saturated rings. The number of anilines is 2. The number of esters is 1. The van der Waals surface area contributed by atoms with Gasteiger partial charge in [-0.1, -0.05) is 31.9 Å². The maximum atomic E-state index is 12.0. The van der Waals surface area contributed by atoms with Crippen LogP contribution in [0.15, 0.2) is 46.6 Å². The van der Waals surface area contributed by atoms with E-state index in [0.29, 0.717) is 30.2 Å². The quantitative estimate of drug-likeness (QED) is 0.108. The van der Waals surface area contributed by atoms with E-state index in [4.69, 9.17) is 21.4 Å². The molecule has 12 heteroatoms. The van der Waals surface area contributed by atoms with E-state index in [1.165, 1.54) is 18.2 Å². The number of rotatable bonds is 13. The number of nitro groups is 1. The molecule has 0 bridgehead atoms. The number of benzene rings is 2. The van der Waals surface area contributed by atoms with Crippen LogP contribution in [0.4, 0.5) is 28.4 Å². The predicted molar refractivity (Wildman–Crippen MR) is 128 cm³/mol. The van der Waals surface area contributed by atoms with Gasteiger partial charge in [0.1, 0.15) is 17.9 Å². The third-order valence-corrected chi connectivity index (χ3v) is 4.89. The van der Waals surface area contributed by atoms with Gasteiger partial charge in [-0.2, -0.15) is 0 Å². The summed E-state index contributed by atoms with van der Waals surface area (Å²) in [7, 11) is 0. The average Bonchev–Trinajstić information content (AvgIpc) is 2.80. The number of aliphatic carboxylic acids is 1. The minimum Gasteiger partial charge on any atom is -0.480 e. The zero-order chi connectivity index (χ0) is 25.1. The lowest BCUT2D eigenvalue weighted by Gasteiger charge is -2.15. The van der Waals surface area contributed by atoms with Gasteiger partial charge < -0.3 is 20.5 Å². The molecule has 1 atom stereocenters. The first-order chi connectivity index (χ1) is 16.2. The molecule has 0 aliphatic rings. The van der Waals surface area contributed by atoms with Crippen LogP contribution in [-0.4, -0.2) is 41.7 Å².